The van der Waals surface area contributed by atoms with E-state index in [1.165, 1.54) is 5.69 Å². The Labute approximate surface area is 117 Å². The second kappa shape index (κ2) is 5.59. The van der Waals surface area contributed by atoms with E-state index in [2.05, 4.69) is 46.8 Å². The van der Waals surface area contributed by atoms with E-state index in [-0.39, 0.29) is 12.2 Å². The average molecular weight is 314 g/mol. The number of anilines is 1. The third-order valence-electron chi connectivity index (χ3n) is 3.22. The van der Waals surface area contributed by atoms with Crippen molar-refractivity contribution in [3.05, 3.63) is 28.2 Å². The van der Waals surface area contributed by atoms with E-state index in [9.17, 15) is 5.11 Å². The number of ether oxygens (including phenoxy) is 1. The third-order valence-corrected chi connectivity index (χ3v) is 3.91. The van der Waals surface area contributed by atoms with Crippen LogP contribution in [0.3, 0.4) is 0 Å². The van der Waals surface area contributed by atoms with Gasteiger partial charge in [0.1, 0.15) is 0 Å². The summed E-state index contributed by atoms with van der Waals surface area (Å²) in [7, 11) is 0. The van der Waals surface area contributed by atoms with Gasteiger partial charge in [-0.05, 0) is 38.5 Å². The fraction of sp³-hybridized carbons (Fsp3) is 0.571. The van der Waals surface area contributed by atoms with Gasteiger partial charge in [0.25, 0.3) is 0 Å². The monoisotopic (exact) mass is 313 g/mol. The predicted molar refractivity (Wildman–Crippen MR) is 77.0 cm³/mol. The number of hydrogen-bond acceptors (Lipinski definition) is 3. The van der Waals surface area contributed by atoms with Gasteiger partial charge in [0.15, 0.2) is 0 Å². The summed E-state index contributed by atoms with van der Waals surface area (Å²) in [4.78, 5) is 2.33. The van der Waals surface area contributed by atoms with Gasteiger partial charge < -0.3 is 14.7 Å². The van der Waals surface area contributed by atoms with Gasteiger partial charge in [-0.1, -0.05) is 22.0 Å². The second-order valence-electron chi connectivity index (χ2n) is 5.04. The van der Waals surface area contributed by atoms with Gasteiger partial charge >= 0.3 is 0 Å². The van der Waals surface area contributed by atoms with Crippen molar-refractivity contribution < 1.29 is 9.84 Å². The van der Waals surface area contributed by atoms with Crippen molar-refractivity contribution in [2.75, 3.05) is 18.0 Å². The number of hydrogen-bond donors (Lipinski definition) is 1. The minimum atomic E-state index is -0.448. The molecule has 0 saturated carbocycles. The maximum atomic E-state index is 9.63. The number of aliphatic hydroxyl groups is 1. The van der Waals surface area contributed by atoms with E-state index >= 15 is 0 Å². The van der Waals surface area contributed by atoms with E-state index < -0.39 is 6.10 Å². The zero-order valence-electron chi connectivity index (χ0n) is 11.1. The molecule has 1 heterocycles. The number of morpholine rings is 1. The lowest BCUT2D eigenvalue weighted by Crippen LogP contribution is -2.45. The Balaban J connectivity index is 2.21. The van der Waals surface area contributed by atoms with Crippen LogP contribution in [0.15, 0.2) is 22.7 Å². The van der Waals surface area contributed by atoms with Crippen molar-refractivity contribution in [2.45, 2.75) is 39.1 Å². The molecule has 0 bridgehead atoms. The Bertz CT molecular complexity index is 412. The molecule has 1 aliphatic heterocycles. The van der Waals surface area contributed by atoms with Crippen molar-refractivity contribution in [2.24, 2.45) is 0 Å². The van der Waals surface area contributed by atoms with Gasteiger partial charge in [0, 0.05) is 23.2 Å². The van der Waals surface area contributed by atoms with Crippen molar-refractivity contribution in [3.63, 3.8) is 0 Å². The van der Waals surface area contributed by atoms with Crippen LogP contribution >= 0.6 is 15.9 Å². The molecule has 3 nitrogen and oxygen atoms in total. The smallest absolute Gasteiger partial charge is 0.0772 e. The Morgan fingerprint density at radius 2 is 1.94 bits per heavy atom. The summed E-state index contributed by atoms with van der Waals surface area (Å²) in [6.45, 7) is 7.79. The first-order valence-corrected chi connectivity index (χ1v) is 7.14. The first kappa shape index (κ1) is 13.8. The lowest BCUT2D eigenvalue weighted by atomic mass is 10.1. The normalized spacial score (nSPS) is 26.2. The Morgan fingerprint density at radius 1 is 1.33 bits per heavy atom. The molecule has 3 atom stereocenters. The maximum absolute atomic E-state index is 9.63. The van der Waals surface area contributed by atoms with Crippen LogP contribution in [0, 0.1) is 0 Å². The van der Waals surface area contributed by atoms with E-state index in [4.69, 9.17) is 4.74 Å². The largest absolute Gasteiger partial charge is 0.389 e. The van der Waals surface area contributed by atoms with Crippen molar-refractivity contribution in [3.8, 4) is 0 Å². The van der Waals surface area contributed by atoms with E-state index in [0.29, 0.717) is 0 Å². The van der Waals surface area contributed by atoms with Gasteiger partial charge in [-0.15, -0.1) is 0 Å². The molecule has 0 aromatic heterocycles. The highest BCUT2D eigenvalue weighted by atomic mass is 79.9. The summed E-state index contributed by atoms with van der Waals surface area (Å²) in [5, 5.41) is 9.63. The lowest BCUT2D eigenvalue weighted by molar-refractivity contribution is -0.00522. The average Bonchev–Trinajstić information content (AvgIpc) is 2.26. The molecule has 4 heteroatoms. The van der Waals surface area contributed by atoms with E-state index in [1.807, 2.05) is 6.07 Å². The highest BCUT2D eigenvalue weighted by molar-refractivity contribution is 9.10. The molecule has 1 saturated heterocycles. The standard InChI is InChI=1S/C14H20BrNO2/c1-9-7-16(8-10(2)18-9)12-4-5-13(11(3)17)14(15)6-12/h4-6,9-11,17H,7-8H2,1-3H3/t9-,10+,11?. The number of benzene rings is 1. The number of halogens is 1. The highest BCUT2D eigenvalue weighted by Crippen LogP contribution is 2.29. The Morgan fingerprint density at radius 3 is 2.44 bits per heavy atom. The van der Waals surface area contributed by atoms with Gasteiger partial charge in [0.05, 0.1) is 18.3 Å². The lowest BCUT2D eigenvalue weighted by Gasteiger charge is -2.37. The fourth-order valence-electron chi connectivity index (χ4n) is 2.44. The SMILES string of the molecule is CC(O)c1ccc(N2C[C@@H](C)O[C@@H](C)C2)cc1Br. The first-order chi connectivity index (χ1) is 8.47. The predicted octanol–water partition coefficient (Wildman–Crippen LogP) is 3.12. The zero-order valence-corrected chi connectivity index (χ0v) is 12.6. The molecule has 0 spiro atoms. The summed E-state index contributed by atoms with van der Waals surface area (Å²) in [6.07, 6.45) is 0.0592. The van der Waals surface area contributed by atoms with Gasteiger partial charge in [-0.3, -0.25) is 0 Å². The van der Waals surface area contributed by atoms with Gasteiger partial charge in [-0.2, -0.15) is 0 Å². The molecule has 18 heavy (non-hydrogen) atoms. The minimum absolute atomic E-state index is 0.254. The molecule has 1 fully saturated rings. The number of nitrogens with zero attached hydrogens (tertiary/aromatic N) is 1. The van der Waals surface area contributed by atoms with E-state index in [0.717, 1.165) is 23.1 Å². The third kappa shape index (κ3) is 3.05. The van der Waals surface area contributed by atoms with Crippen molar-refractivity contribution >= 4 is 21.6 Å². The van der Waals surface area contributed by atoms with Crippen LogP contribution in [0.25, 0.3) is 0 Å². The molecule has 1 aromatic rings. The van der Waals surface area contributed by atoms with Gasteiger partial charge in [0.2, 0.25) is 0 Å². The fourth-order valence-corrected chi connectivity index (χ4v) is 3.14. The molecule has 0 radical (unpaired) electrons. The molecule has 100 valence electrons. The molecule has 0 aliphatic carbocycles. The van der Waals surface area contributed by atoms with Crippen LogP contribution < -0.4 is 4.90 Å². The van der Waals surface area contributed by atoms with Crippen LogP contribution in [0.5, 0.6) is 0 Å². The molecule has 1 unspecified atom stereocenters. The summed E-state index contributed by atoms with van der Waals surface area (Å²) in [6, 6.07) is 6.12. The molecule has 1 aliphatic rings. The first-order valence-electron chi connectivity index (χ1n) is 6.35. The summed E-state index contributed by atoms with van der Waals surface area (Å²) in [5.41, 5.74) is 2.10. The number of rotatable bonds is 2. The van der Waals surface area contributed by atoms with Crippen molar-refractivity contribution in [1.82, 2.24) is 0 Å². The number of aliphatic hydroxyl groups excluding tert-OH is 1. The second-order valence-corrected chi connectivity index (χ2v) is 5.90. The molecule has 1 N–H and O–H groups in total. The molecular weight excluding hydrogens is 294 g/mol. The van der Waals surface area contributed by atoms with Crippen LogP contribution in [-0.4, -0.2) is 30.4 Å². The summed E-state index contributed by atoms with van der Waals surface area (Å²) < 4.78 is 6.70. The van der Waals surface area contributed by atoms with Crippen LogP contribution in [0.4, 0.5) is 5.69 Å². The molecular formula is C14H20BrNO2. The highest BCUT2D eigenvalue weighted by Gasteiger charge is 2.22. The van der Waals surface area contributed by atoms with Gasteiger partial charge in [-0.25, -0.2) is 0 Å². The van der Waals surface area contributed by atoms with Crippen LogP contribution in [0.1, 0.15) is 32.4 Å². The maximum Gasteiger partial charge on any atom is 0.0772 e. The zero-order chi connectivity index (χ0) is 13.3. The Hall–Kier alpha value is -0.580. The molecule has 1 aromatic carbocycles. The summed E-state index contributed by atoms with van der Waals surface area (Å²) >= 11 is 3.53. The topological polar surface area (TPSA) is 32.7 Å². The van der Waals surface area contributed by atoms with E-state index in [1.54, 1.807) is 6.92 Å². The Kier molecular flexibility index (Phi) is 4.30. The summed E-state index contributed by atoms with van der Waals surface area (Å²) in [5.74, 6) is 0. The minimum Gasteiger partial charge on any atom is -0.389 e. The molecule has 2 rings (SSSR count). The van der Waals surface area contributed by atoms with Crippen LogP contribution in [0.2, 0.25) is 0 Å². The van der Waals surface area contributed by atoms with Crippen molar-refractivity contribution in [1.29, 1.82) is 0 Å². The van der Waals surface area contributed by atoms with Crippen LogP contribution in [-0.2, 0) is 4.74 Å². The quantitative estimate of drug-likeness (QED) is 0.910. The molecule has 0 amide bonds.